The lowest BCUT2D eigenvalue weighted by molar-refractivity contribution is -0.166. The van der Waals surface area contributed by atoms with Crippen LogP contribution >= 0.6 is 0 Å². The molecule has 108 valence electrons. The summed E-state index contributed by atoms with van der Waals surface area (Å²) in [5.74, 6) is 0.488. The molecule has 5 heteroatoms. The van der Waals surface area contributed by atoms with E-state index in [1.807, 2.05) is 6.92 Å². The summed E-state index contributed by atoms with van der Waals surface area (Å²) in [6.45, 7) is 9.57. The monoisotopic (exact) mass is 267 g/mol. The first-order valence-corrected chi connectivity index (χ1v) is 7.62. The van der Waals surface area contributed by atoms with Crippen molar-refractivity contribution in [1.29, 1.82) is 0 Å². The summed E-state index contributed by atoms with van der Waals surface area (Å²) in [5.41, 5.74) is -0.342. The molecular formula is C14H25N3O2. The van der Waals surface area contributed by atoms with Crippen molar-refractivity contribution in [3.63, 3.8) is 0 Å². The molecule has 3 aliphatic heterocycles. The van der Waals surface area contributed by atoms with Crippen LogP contribution < -0.4 is 5.32 Å². The number of carbonyl (C=O) groups is 1. The Morgan fingerprint density at radius 2 is 2.11 bits per heavy atom. The predicted octanol–water partition coefficient (Wildman–Crippen LogP) is -0.0809. The van der Waals surface area contributed by atoms with E-state index >= 15 is 0 Å². The minimum atomic E-state index is -0.342. The van der Waals surface area contributed by atoms with E-state index in [-0.39, 0.29) is 11.5 Å². The molecule has 3 heterocycles. The molecule has 0 aliphatic carbocycles. The molecule has 3 rings (SSSR count). The smallest absolute Gasteiger partial charge is 0.326 e. The van der Waals surface area contributed by atoms with Gasteiger partial charge in [0.05, 0.1) is 6.61 Å². The minimum absolute atomic E-state index is 0.0310. The van der Waals surface area contributed by atoms with Crippen molar-refractivity contribution in [3.05, 3.63) is 0 Å². The molecule has 0 aromatic carbocycles. The van der Waals surface area contributed by atoms with E-state index in [0.29, 0.717) is 12.5 Å². The van der Waals surface area contributed by atoms with Crippen LogP contribution in [0.3, 0.4) is 0 Å². The van der Waals surface area contributed by atoms with Gasteiger partial charge in [0.15, 0.2) is 0 Å². The lowest BCUT2D eigenvalue weighted by atomic mass is 9.76. The van der Waals surface area contributed by atoms with Gasteiger partial charge in [0, 0.05) is 45.2 Å². The molecule has 5 nitrogen and oxygen atoms in total. The standard InChI is InChI=1S/C14H25N3O2/c1-2-19-13(18)14(17-9-5-15-6-10-17)4-8-16-7-3-12(14)11-16/h12,15H,2-11H2,1H3. The molecule has 1 N–H and O–H groups in total. The number of nitrogens with one attached hydrogen (secondary N) is 1. The summed E-state index contributed by atoms with van der Waals surface area (Å²) in [6.07, 6.45) is 2.08. The average molecular weight is 267 g/mol. The van der Waals surface area contributed by atoms with Crippen LogP contribution in [-0.2, 0) is 9.53 Å². The van der Waals surface area contributed by atoms with Crippen molar-refractivity contribution in [2.75, 3.05) is 52.4 Å². The molecular weight excluding hydrogens is 242 g/mol. The van der Waals surface area contributed by atoms with Gasteiger partial charge in [0.2, 0.25) is 0 Å². The highest BCUT2D eigenvalue weighted by atomic mass is 16.5. The second kappa shape index (κ2) is 5.38. The molecule has 3 aliphatic rings. The number of hydrogen-bond donors (Lipinski definition) is 1. The summed E-state index contributed by atoms with van der Waals surface area (Å²) in [7, 11) is 0. The Labute approximate surface area is 115 Å². The van der Waals surface area contributed by atoms with Crippen LogP contribution in [0.1, 0.15) is 19.8 Å². The van der Waals surface area contributed by atoms with E-state index in [9.17, 15) is 4.79 Å². The number of esters is 1. The molecule has 3 unspecified atom stereocenters. The fraction of sp³-hybridized carbons (Fsp3) is 0.929. The van der Waals surface area contributed by atoms with Gasteiger partial charge in [-0.15, -0.1) is 0 Å². The molecule has 0 aromatic rings. The zero-order chi connectivity index (χ0) is 13.3. The molecule has 0 amide bonds. The number of carbonyl (C=O) groups excluding carboxylic acids is 1. The number of nitrogens with zero attached hydrogens (tertiary/aromatic N) is 2. The van der Waals surface area contributed by atoms with Crippen molar-refractivity contribution >= 4 is 5.97 Å². The average Bonchev–Trinajstić information content (AvgIpc) is 2.84. The Bertz CT molecular complexity index is 344. The number of piperidine rings is 1. The van der Waals surface area contributed by atoms with Crippen LogP contribution in [0.25, 0.3) is 0 Å². The number of hydrogen-bond acceptors (Lipinski definition) is 5. The predicted molar refractivity (Wildman–Crippen MR) is 73.0 cm³/mol. The van der Waals surface area contributed by atoms with Gasteiger partial charge in [-0.1, -0.05) is 0 Å². The SMILES string of the molecule is CCOC(=O)C1(N2CCNCC2)CCN2CCC1C2. The highest BCUT2D eigenvalue weighted by Crippen LogP contribution is 2.41. The summed E-state index contributed by atoms with van der Waals surface area (Å²) >= 11 is 0. The third-order valence-corrected chi connectivity index (χ3v) is 5.07. The molecule has 19 heavy (non-hydrogen) atoms. The van der Waals surface area contributed by atoms with E-state index in [4.69, 9.17) is 4.74 Å². The molecule has 3 saturated heterocycles. The zero-order valence-electron chi connectivity index (χ0n) is 11.9. The molecule has 0 aromatic heterocycles. The maximum absolute atomic E-state index is 12.7. The fourth-order valence-electron chi connectivity index (χ4n) is 4.09. The Morgan fingerprint density at radius 3 is 2.84 bits per heavy atom. The number of piperazine rings is 1. The molecule has 3 fully saturated rings. The van der Waals surface area contributed by atoms with Crippen LogP contribution in [0, 0.1) is 5.92 Å². The van der Waals surface area contributed by atoms with Crippen LogP contribution in [-0.4, -0.2) is 73.7 Å². The van der Waals surface area contributed by atoms with Gasteiger partial charge in [0.1, 0.15) is 5.54 Å². The lowest BCUT2D eigenvalue weighted by Crippen LogP contribution is -2.66. The van der Waals surface area contributed by atoms with E-state index < -0.39 is 0 Å². The van der Waals surface area contributed by atoms with Crippen LogP contribution in [0.15, 0.2) is 0 Å². The summed E-state index contributed by atoms with van der Waals surface area (Å²) in [5, 5.41) is 3.38. The van der Waals surface area contributed by atoms with Gasteiger partial charge in [-0.2, -0.15) is 0 Å². The van der Waals surface area contributed by atoms with Crippen molar-refractivity contribution in [2.45, 2.75) is 25.3 Å². The van der Waals surface area contributed by atoms with E-state index in [0.717, 1.165) is 58.7 Å². The van der Waals surface area contributed by atoms with Crippen LogP contribution in [0.5, 0.6) is 0 Å². The molecule has 0 saturated carbocycles. The zero-order valence-corrected chi connectivity index (χ0v) is 11.9. The van der Waals surface area contributed by atoms with Gasteiger partial charge in [-0.3, -0.25) is 9.69 Å². The fourth-order valence-corrected chi connectivity index (χ4v) is 4.09. The first kappa shape index (κ1) is 13.3. The number of fused-ring (bicyclic) bond motifs is 2. The maximum Gasteiger partial charge on any atom is 0.326 e. The van der Waals surface area contributed by atoms with E-state index in [1.54, 1.807) is 0 Å². The number of rotatable bonds is 3. The minimum Gasteiger partial charge on any atom is -0.465 e. The Hall–Kier alpha value is -0.650. The summed E-state index contributed by atoms with van der Waals surface area (Å²) < 4.78 is 5.47. The number of ether oxygens (including phenoxy) is 1. The van der Waals surface area contributed by atoms with Gasteiger partial charge in [-0.25, -0.2) is 0 Å². The first-order valence-electron chi connectivity index (χ1n) is 7.62. The van der Waals surface area contributed by atoms with Gasteiger partial charge < -0.3 is 15.0 Å². The van der Waals surface area contributed by atoms with Gasteiger partial charge >= 0.3 is 5.97 Å². The third kappa shape index (κ3) is 2.18. The second-order valence-corrected chi connectivity index (χ2v) is 5.92. The van der Waals surface area contributed by atoms with Crippen LogP contribution in [0.4, 0.5) is 0 Å². The topological polar surface area (TPSA) is 44.8 Å². The van der Waals surface area contributed by atoms with Crippen molar-refractivity contribution in [1.82, 2.24) is 15.1 Å². The third-order valence-electron chi connectivity index (χ3n) is 5.07. The van der Waals surface area contributed by atoms with E-state index in [2.05, 4.69) is 15.1 Å². The van der Waals surface area contributed by atoms with Gasteiger partial charge in [-0.05, 0) is 26.3 Å². The largest absolute Gasteiger partial charge is 0.465 e. The summed E-state index contributed by atoms with van der Waals surface area (Å²) in [4.78, 5) is 17.6. The lowest BCUT2D eigenvalue weighted by Gasteiger charge is -2.49. The molecule has 2 bridgehead atoms. The quantitative estimate of drug-likeness (QED) is 0.725. The normalized spacial score (nSPS) is 39.2. The Balaban J connectivity index is 1.87. The highest BCUT2D eigenvalue weighted by molar-refractivity contribution is 5.82. The van der Waals surface area contributed by atoms with Crippen molar-refractivity contribution < 1.29 is 9.53 Å². The molecule has 0 spiro atoms. The van der Waals surface area contributed by atoms with E-state index in [1.165, 1.54) is 0 Å². The second-order valence-electron chi connectivity index (χ2n) is 5.92. The Kier molecular flexibility index (Phi) is 3.78. The Morgan fingerprint density at radius 1 is 1.32 bits per heavy atom. The van der Waals surface area contributed by atoms with Crippen molar-refractivity contribution in [2.24, 2.45) is 5.92 Å². The molecule has 3 atom stereocenters. The summed E-state index contributed by atoms with van der Waals surface area (Å²) in [6, 6.07) is 0. The van der Waals surface area contributed by atoms with Crippen molar-refractivity contribution in [3.8, 4) is 0 Å². The molecule has 0 radical (unpaired) electrons. The first-order chi connectivity index (χ1) is 9.27. The van der Waals surface area contributed by atoms with Crippen LogP contribution in [0.2, 0.25) is 0 Å². The highest BCUT2D eigenvalue weighted by Gasteiger charge is 2.55. The van der Waals surface area contributed by atoms with Gasteiger partial charge in [0.25, 0.3) is 0 Å². The maximum atomic E-state index is 12.7.